The van der Waals surface area contributed by atoms with Crippen LogP contribution in [0.3, 0.4) is 0 Å². The van der Waals surface area contributed by atoms with E-state index < -0.39 is 17.9 Å². The standard InChI is InChI=1S/C15H16ClN3O5/c16-10-2-1-9(7-11(10)19-4-3-17-15(19)23)13(20)18-5-6-24-8-12(18)14(21)22/h1-2,7,12H,3-6,8H2,(H,17,23)(H,21,22)/t12-/m1/s1. The summed E-state index contributed by atoms with van der Waals surface area (Å²) >= 11 is 6.15. The van der Waals surface area contributed by atoms with Crippen molar-refractivity contribution in [3.8, 4) is 0 Å². The minimum absolute atomic E-state index is 0.0456. The number of hydrogen-bond acceptors (Lipinski definition) is 4. The van der Waals surface area contributed by atoms with Gasteiger partial charge < -0.3 is 20.1 Å². The molecule has 0 radical (unpaired) electrons. The highest BCUT2D eigenvalue weighted by atomic mass is 35.5. The van der Waals surface area contributed by atoms with E-state index in [9.17, 15) is 19.5 Å². The maximum absolute atomic E-state index is 12.7. The molecule has 2 saturated heterocycles. The molecule has 0 aliphatic carbocycles. The topological polar surface area (TPSA) is 99.2 Å². The third kappa shape index (κ3) is 3.02. The number of halogens is 1. The van der Waals surface area contributed by atoms with Crippen molar-refractivity contribution in [1.29, 1.82) is 0 Å². The summed E-state index contributed by atoms with van der Waals surface area (Å²) in [5.41, 5.74) is 0.708. The number of urea groups is 1. The summed E-state index contributed by atoms with van der Waals surface area (Å²) in [4.78, 5) is 38.6. The number of carboxylic acid groups (broad SMARTS) is 1. The van der Waals surface area contributed by atoms with Crippen molar-refractivity contribution < 1.29 is 24.2 Å². The maximum atomic E-state index is 12.7. The Kier molecular flexibility index (Phi) is 4.59. The lowest BCUT2D eigenvalue weighted by atomic mass is 10.1. The number of carbonyl (C=O) groups is 3. The van der Waals surface area contributed by atoms with E-state index in [1.54, 1.807) is 0 Å². The summed E-state index contributed by atoms with van der Waals surface area (Å²) in [5.74, 6) is -1.54. The number of carbonyl (C=O) groups excluding carboxylic acids is 2. The van der Waals surface area contributed by atoms with Crippen molar-refractivity contribution in [3.05, 3.63) is 28.8 Å². The smallest absolute Gasteiger partial charge is 0.328 e. The van der Waals surface area contributed by atoms with Gasteiger partial charge in [0.1, 0.15) is 0 Å². The second-order valence-corrected chi connectivity index (χ2v) is 5.88. The van der Waals surface area contributed by atoms with Crippen LogP contribution in [-0.2, 0) is 9.53 Å². The highest BCUT2D eigenvalue weighted by molar-refractivity contribution is 6.34. The lowest BCUT2D eigenvalue weighted by Crippen LogP contribution is -2.52. The predicted molar refractivity (Wildman–Crippen MR) is 85.5 cm³/mol. The Labute approximate surface area is 142 Å². The molecule has 9 heteroatoms. The Morgan fingerprint density at radius 1 is 1.33 bits per heavy atom. The van der Waals surface area contributed by atoms with Gasteiger partial charge in [0.15, 0.2) is 6.04 Å². The van der Waals surface area contributed by atoms with Crippen molar-refractivity contribution in [2.45, 2.75) is 6.04 Å². The highest BCUT2D eigenvalue weighted by Gasteiger charge is 2.34. The van der Waals surface area contributed by atoms with Gasteiger partial charge in [0.2, 0.25) is 0 Å². The molecule has 0 aromatic heterocycles. The number of amides is 3. The maximum Gasteiger partial charge on any atom is 0.328 e. The second kappa shape index (κ2) is 6.66. The zero-order valence-electron chi connectivity index (χ0n) is 12.7. The molecule has 0 saturated carbocycles. The number of ether oxygens (including phenoxy) is 1. The van der Waals surface area contributed by atoms with Gasteiger partial charge in [-0.05, 0) is 18.2 Å². The van der Waals surface area contributed by atoms with Crippen LogP contribution in [0.2, 0.25) is 5.02 Å². The van der Waals surface area contributed by atoms with E-state index in [-0.39, 0.29) is 31.4 Å². The Balaban J connectivity index is 1.90. The predicted octanol–water partition coefficient (Wildman–Crippen LogP) is 0.795. The average Bonchev–Trinajstić information content (AvgIpc) is 3.00. The lowest BCUT2D eigenvalue weighted by molar-refractivity contribution is -0.147. The van der Waals surface area contributed by atoms with Gasteiger partial charge in [-0.2, -0.15) is 0 Å². The van der Waals surface area contributed by atoms with Gasteiger partial charge in [-0.3, -0.25) is 9.69 Å². The van der Waals surface area contributed by atoms with E-state index >= 15 is 0 Å². The molecule has 2 aliphatic heterocycles. The summed E-state index contributed by atoms with van der Waals surface area (Å²) in [6.07, 6.45) is 0. The summed E-state index contributed by atoms with van der Waals surface area (Å²) in [7, 11) is 0. The van der Waals surface area contributed by atoms with Gasteiger partial charge in [-0.15, -0.1) is 0 Å². The molecule has 128 valence electrons. The average molecular weight is 354 g/mol. The Bertz CT molecular complexity index is 696. The molecule has 24 heavy (non-hydrogen) atoms. The molecule has 0 bridgehead atoms. The van der Waals surface area contributed by atoms with Crippen molar-refractivity contribution in [3.63, 3.8) is 0 Å². The number of aliphatic carboxylic acids is 1. The van der Waals surface area contributed by atoms with Gasteiger partial charge in [0.25, 0.3) is 5.91 Å². The quantitative estimate of drug-likeness (QED) is 0.837. The van der Waals surface area contributed by atoms with Crippen molar-refractivity contribution in [1.82, 2.24) is 10.2 Å². The number of anilines is 1. The zero-order chi connectivity index (χ0) is 17.3. The molecular weight excluding hydrogens is 338 g/mol. The molecule has 3 amide bonds. The number of morpholine rings is 1. The Hall–Kier alpha value is -2.32. The molecule has 1 aromatic rings. The van der Waals surface area contributed by atoms with Crippen LogP contribution in [0.15, 0.2) is 18.2 Å². The number of hydrogen-bond donors (Lipinski definition) is 2. The first-order valence-corrected chi connectivity index (χ1v) is 7.83. The molecule has 8 nitrogen and oxygen atoms in total. The van der Waals surface area contributed by atoms with Gasteiger partial charge in [0.05, 0.1) is 23.9 Å². The largest absolute Gasteiger partial charge is 0.480 e. The molecule has 1 aromatic carbocycles. The molecule has 2 fully saturated rings. The molecule has 2 heterocycles. The van der Waals surface area contributed by atoms with Gasteiger partial charge in [-0.1, -0.05) is 11.6 Å². The van der Waals surface area contributed by atoms with E-state index in [4.69, 9.17) is 16.3 Å². The Morgan fingerprint density at radius 2 is 2.12 bits per heavy atom. The normalized spacial score (nSPS) is 20.9. The summed E-state index contributed by atoms with van der Waals surface area (Å²) in [6.45, 7) is 1.38. The molecule has 2 N–H and O–H groups in total. The molecular formula is C15H16ClN3O5. The van der Waals surface area contributed by atoms with Gasteiger partial charge in [0, 0.05) is 25.2 Å². The molecule has 2 aliphatic rings. The fourth-order valence-corrected chi connectivity index (χ4v) is 2.99. The molecule has 0 unspecified atom stereocenters. The van der Waals surface area contributed by atoms with Crippen LogP contribution in [0.5, 0.6) is 0 Å². The minimum atomic E-state index is -1.11. The first-order chi connectivity index (χ1) is 11.5. The van der Waals surface area contributed by atoms with E-state index in [2.05, 4.69) is 5.32 Å². The minimum Gasteiger partial charge on any atom is -0.480 e. The monoisotopic (exact) mass is 353 g/mol. The van der Waals surface area contributed by atoms with E-state index in [0.29, 0.717) is 23.8 Å². The van der Waals surface area contributed by atoms with E-state index in [1.165, 1.54) is 28.0 Å². The number of rotatable bonds is 3. The highest BCUT2D eigenvalue weighted by Crippen LogP contribution is 2.29. The van der Waals surface area contributed by atoms with Crippen LogP contribution < -0.4 is 10.2 Å². The lowest BCUT2D eigenvalue weighted by Gasteiger charge is -2.33. The first-order valence-electron chi connectivity index (χ1n) is 7.45. The van der Waals surface area contributed by atoms with Crippen molar-refractivity contribution in [2.24, 2.45) is 0 Å². The van der Waals surface area contributed by atoms with Crippen LogP contribution >= 0.6 is 11.6 Å². The van der Waals surface area contributed by atoms with Crippen LogP contribution in [0.25, 0.3) is 0 Å². The van der Waals surface area contributed by atoms with Crippen LogP contribution in [0.1, 0.15) is 10.4 Å². The summed E-state index contributed by atoms with van der Waals surface area (Å²) < 4.78 is 5.14. The SMILES string of the molecule is O=C(O)[C@H]1COCCN1C(=O)c1ccc(Cl)c(N2CCNC2=O)c1. The van der Waals surface area contributed by atoms with Crippen LogP contribution in [0, 0.1) is 0 Å². The third-order valence-corrected chi connectivity index (χ3v) is 4.33. The molecule has 3 rings (SSSR count). The fourth-order valence-electron chi connectivity index (χ4n) is 2.77. The third-order valence-electron chi connectivity index (χ3n) is 4.02. The number of carboxylic acids is 1. The molecule has 1 atom stereocenters. The number of nitrogens with zero attached hydrogens (tertiary/aromatic N) is 2. The van der Waals surface area contributed by atoms with Crippen LogP contribution in [0.4, 0.5) is 10.5 Å². The fraction of sp³-hybridized carbons (Fsp3) is 0.400. The van der Waals surface area contributed by atoms with E-state index in [0.717, 1.165) is 0 Å². The van der Waals surface area contributed by atoms with Gasteiger partial charge in [-0.25, -0.2) is 9.59 Å². The van der Waals surface area contributed by atoms with Crippen LogP contribution in [-0.4, -0.2) is 66.8 Å². The zero-order valence-corrected chi connectivity index (χ0v) is 13.5. The van der Waals surface area contributed by atoms with Crippen molar-refractivity contribution in [2.75, 3.05) is 37.7 Å². The molecule has 0 spiro atoms. The Morgan fingerprint density at radius 3 is 2.79 bits per heavy atom. The van der Waals surface area contributed by atoms with Crippen molar-refractivity contribution >= 4 is 35.2 Å². The van der Waals surface area contributed by atoms with E-state index in [1.807, 2.05) is 0 Å². The number of nitrogens with one attached hydrogen (secondary N) is 1. The number of benzene rings is 1. The second-order valence-electron chi connectivity index (χ2n) is 5.48. The summed E-state index contributed by atoms with van der Waals surface area (Å²) in [5, 5.41) is 12.3. The first kappa shape index (κ1) is 16.5. The summed E-state index contributed by atoms with van der Waals surface area (Å²) in [6, 6.07) is 3.27. The van der Waals surface area contributed by atoms with Gasteiger partial charge >= 0.3 is 12.0 Å².